The van der Waals surface area contributed by atoms with Crippen molar-refractivity contribution in [2.75, 3.05) is 4.90 Å². The Bertz CT molecular complexity index is 3350. The van der Waals surface area contributed by atoms with Gasteiger partial charge in [0.2, 0.25) is 0 Å². The Kier molecular flexibility index (Phi) is 9.71. The summed E-state index contributed by atoms with van der Waals surface area (Å²) in [5.41, 5.74) is 21.6. The van der Waals surface area contributed by atoms with Gasteiger partial charge in [0.1, 0.15) is 11.2 Å². The second kappa shape index (κ2) is 16.2. The number of anilines is 3. The fraction of sp³-hybridized carbons (Fsp3) is 0.129. The van der Waals surface area contributed by atoms with Gasteiger partial charge in [0.15, 0.2) is 0 Å². The van der Waals surface area contributed by atoms with E-state index in [-0.39, 0.29) is 0 Å². The number of hydrogen-bond donors (Lipinski definition) is 0. The van der Waals surface area contributed by atoms with Crippen molar-refractivity contribution in [3.63, 3.8) is 0 Å². The number of para-hydroxylation sites is 2. The molecular formula is C62H50N2O. The van der Waals surface area contributed by atoms with Gasteiger partial charge in [-0.3, -0.25) is 0 Å². The van der Waals surface area contributed by atoms with Crippen molar-refractivity contribution >= 4 is 56.7 Å². The Morgan fingerprint density at radius 2 is 1.08 bits per heavy atom. The molecule has 2 heterocycles. The second-order valence-corrected chi connectivity index (χ2v) is 18.2. The lowest BCUT2D eigenvalue weighted by Gasteiger charge is -2.26. The minimum absolute atomic E-state index is 0.538. The van der Waals surface area contributed by atoms with Crippen molar-refractivity contribution in [2.24, 2.45) is 11.8 Å². The third kappa shape index (κ3) is 7.09. The number of allylic oxidation sites excluding steroid dienone is 6. The van der Waals surface area contributed by atoms with Crippen molar-refractivity contribution in [3.8, 4) is 39.1 Å². The van der Waals surface area contributed by atoms with Crippen molar-refractivity contribution in [1.29, 1.82) is 0 Å². The van der Waals surface area contributed by atoms with Gasteiger partial charge < -0.3 is 13.9 Å². The number of rotatable bonds is 8. The van der Waals surface area contributed by atoms with Crippen LogP contribution in [0.15, 0.2) is 199 Å². The average molecular weight is 839 g/mol. The van der Waals surface area contributed by atoms with E-state index in [1.807, 2.05) is 12.1 Å². The quantitative estimate of drug-likeness (QED) is 0.152. The van der Waals surface area contributed by atoms with E-state index in [0.717, 1.165) is 75.8 Å². The van der Waals surface area contributed by atoms with Crippen molar-refractivity contribution in [3.05, 3.63) is 222 Å². The molecule has 9 aromatic rings. The van der Waals surface area contributed by atoms with E-state index >= 15 is 0 Å². The molecule has 314 valence electrons. The first-order chi connectivity index (χ1) is 32.0. The lowest BCUT2D eigenvalue weighted by atomic mass is 9.92. The van der Waals surface area contributed by atoms with Crippen molar-refractivity contribution < 1.29 is 4.42 Å². The predicted molar refractivity (Wildman–Crippen MR) is 274 cm³/mol. The molecule has 0 fully saturated rings. The third-order valence-electron chi connectivity index (χ3n) is 13.8. The van der Waals surface area contributed by atoms with Crippen LogP contribution in [-0.4, -0.2) is 4.57 Å². The van der Waals surface area contributed by atoms with E-state index < -0.39 is 0 Å². The molecule has 0 radical (unpaired) electrons. The van der Waals surface area contributed by atoms with Crippen LogP contribution in [0.1, 0.15) is 54.8 Å². The zero-order valence-electron chi connectivity index (χ0n) is 36.9. The average Bonchev–Trinajstić information content (AvgIpc) is 3.91. The summed E-state index contributed by atoms with van der Waals surface area (Å²) in [6, 6.07) is 59.9. The van der Waals surface area contributed by atoms with Crippen LogP contribution in [0.3, 0.4) is 0 Å². The molecule has 0 bridgehead atoms. The van der Waals surface area contributed by atoms with Gasteiger partial charge in [0.25, 0.3) is 0 Å². The van der Waals surface area contributed by atoms with Crippen LogP contribution < -0.4 is 4.90 Å². The molecule has 0 spiro atoms. The first-order valence-corrected chi connectivity index (χ1v) is 23.2. The maximum atomic E-state index is 6.44. The molecule has 0 aliphatic heterocycles. The fourth-order valence-corrected chi connectivity index (χ4v) is 10.3. The van der Waals surface area contributed by atoms with Gasteiger partial charge in [-0.2, -0.15) is 0 Å². The first kappa shape index (κ1) is 39.0. The zero-order valence-corrected chi connectivity index (χ0v) is 36.9. The summed E-state index contributed by atoms with van der Waals surface area (Å²) in [6.45, 7) is 4.59. The minimum Gasteiger partial charge on any atom is -0.455 e. The highest BCUT2D eigenvalue weighted by Gasteiger charge is 2.25. The van der Waals surface area contributed by atoms with Crippen LogP contribution in [0.5, 0.6) is 0 Å². The van der Waals surface area contributed by atoms with Crippen LogP contribution in [-0.2, 0) is 12.8 Å². The maximum absolute atomic E-state index is 6.44. The van der Waals surface area contributed by atoms with Gasteiger partial charge in [-0.1, -0.05) is 166 Å². The van der Waals surface area contributed by atoms with E-state index in [1.54, 1.807) is 0 Å². The third-order valence-corrected chi connectivity index (χ3v) is 13.8. The Balaban J connectivity index is 0.872. The van der Waals surface area contributed by atoms with Crippen molar-refractivity contribution in [2.45, 2.75) is 39.5 Å². The molecule has 3 aliphatic carbocycles. The summed E-state index contributed by atoms with van der Waals surface area (Å²) in [6.07, 6.45) is 20.6. The first-order valence-electron chi connectivity index (χ1n) is 23.2. The molecule has 0 amide bonds. The number of aromatic nitrogens is 1. The predicted octanol–water partition coefficient (Wildman–Crippen LogP) is 17.0. The Morgan fingerprint density at radius 1 is 0.508 bits per heavy atom. The monoisotopic (exact) mass is 838 g/mol. The minimum atomic E-state index is 0.538. The molecule has 7 aromatic carbocycles. The van der Waals surface area contributed by atoms with Gasteiger partial charge in [0.05, 0.1) is 0 Å². The Morgan fingerprint density at radius 3 is 1.74 bits per heavy atom. The topological polar surface area (TPSA) is 21.3 Å². The number of nitrogens with zero attached hydrogens (tertiary/aromatic N) is 2. The highest BCUT2D eigenvalue weighted by atomic mass is 16.3. The summed E-state index contributed by atoms with van der Waals surface area (Å²) >= 11 is 0. The normalized spacial score (nSPS) is 16.4. The molecule has 2 atom stereocenters. The molecule has 3 heteroatoms. The standard InChI is InChI=1S/C62H50N2O/c1-41-14-17-43(18-15-41)44-19-21-45(22-20-44)46-23-31-50(32-24-46)63(52-37-29-49(30-38-52)54-10-7-11-58-57-9-4-6-13-61(57)65-62(54)58)51-33-25-47(26-34-51)48-27-35-53(36-28-48)64-59-12-5-3-8-55(59)56-39-16-42(2)40-60(56)64/h3-4,6-11,13-14,16-39,41-42H,5,12,15,40H2,1-2H3. The van der Waals surface area contributed by atoms with E-state index in [1.165, 1.54) is 61.6 Å². The number of benzene rings is 7. The van der Waals surface area contributed by atoms with Crippen molar-refractivity contribution in [1.82, 2.24) is 4.57 Å². The molecule has 0 saturated carbocycles. The summed E-state index contributed by atoms with van der Waals surface area (Å²) < 4.78 is 8.99. The number of hydrogen-bond acceptors (Lipinski definition) is 2. The molecule has 2 aromatic heterocycles. The highest BCUT2D eigenvalue weighted by molar-refractivity contribution is 6.09. The second-order valence-electron chi connectivity index (χ2n) is 18.2. The number of fused-ring (bicyclic) bond motifs is 6. The van der Waals surface area contributed by atoms with E-state index in [2.05, 4.69) is 218 Å². The SMILES string of the molecule is CC1C=CC(c2ccc(-c3ccc(N(c4ccc(-c5ccc(-n6c7c(c8c6CC(C)C=C8)C=CCC7)cc5)cc4)c4ccc(-c5cccc6c5oc5ccccc56)cc4)cc3)cc2)=CC1. The molecular weight excluding hydrogens is 789 g/mol. The molecule has 12 rings (SSSR count). The lowest BCUT2D eigenvalue weighted by Crippen LogP contribution is -2.10. The molecule has 0 saturated heterocycles. The molecule has 3 aliphatic rings. The highest BCUT2D eigenvalue weighted by Crippen LogP contribution is 2.41. The van der Waals surface area contributed by atoms with Gasteiger partial charge in [0, 0.05) is 61.6 Å². The van der Waals surface area contributed by atoms with Crippen LogP contribution in [0, 0.1) is 11.8 Å². The summed E-state index contributed by atoms with van der Waals surface area (Å²) in [5.74, 6) is 1.14. The van der Waals surface area contributed by atoms with Gasteiger partial charge in [-0.25, -0.2) is 0 Å². The molecule has 65 heavy (non-hydrogen) atoms. The van der Waals surface area contributed by atoms with Crippen LogP contribution in [0.25, 0.3) is 78.7 Å². The zero-order chi connectivity index (χ0) is 43.4. The molecule has 3 nitrogen and oxygen atoms in total. The maximum Gasteiger partial charge on any atom is 0.143 e. The van der Waals surface area contributed by atoms with E-state index in [0.29, 0.717) is 11.8 Å². The number of furan rings is 1. The largest absolute Gasteiger partial charge is 0.455 e. The Hall–Kier alpha value is -7.62. The molecule has 2 unspecified atom stereocenters. The summed E-state index contributed by atoms with van der Waals surface area (Å²) in [7, 11) is 0. The summed E-state index contributed by atoms with van der Waals surface area (Å²) in [4.78, 5) is 2.36. The van der Waals surface area contributed by atoms with Gasteiger partial charge in [-0.05, 0) is 131 Å². The van der Waals surface area contributed by atoms with Gasteiger partial charge in [-0.15, -0.1) is 0 Å². The van der Waals surface area contributed by atoms with Crippen LogP contribution >= 0.6 is 0 Å². The van der Waals surface area contributed by atoms with E-state index in [4.69, 9.17) is 4.42 Å². The van der Waals surface area contributed by atoms with E-state index in [9.17, 15) is 0 Å². The fourth-order valence-electron chi connectivity index (χ4n) is 10.3. The molecule has 0 N–H and O–H groups in total. The van der Waals surface area contributed by atoms with Crippen LogP contribution in [0.2, 0.25) is 0 Å². The van der Waals surface area contributed by atoms with Gasteiger partial charge >= 0.3 is 0 Å². The smallest absolute Gasteiger partial charge is 0.143 e. The Labute approximate surface area is 381 Å². The van der Waals surface area contributed by atoms with Crippen LogP contribution in [0.4, 0.5) is 17.1 Å². The lowest BCUT2D eigenvalue weighted by molar-refractivity contribution is 0.670. The summed E-state index contributed by atoms with van der Waals surface area (Å²) in [5, 5.41) is 2.28.